The Labute approximate surface area is 128 Å². The van der Waals surface area contributed by atoms with Crippen molar-refractivity contribution < 1.29 is 4.57 Å². The molecule has 0 aliphatic heterocycles. The molecule has 0 unspecified atom stereocenters. The second kappa shape index (κ2) is 7.11. The summed E-state index contributed by atoms with van der Waals surface area (Å²) >= 11 is 0. The normalized spacial score (nSPS) is 10.5. The number of aryl methyl sites for hydroxylation is 1. The van der Waals surface area contributed by atoms with E-state index >= 15 is 0 Å². The van der Waals surface area contributed by atoms with Gasteiger partial charge in [-0.05, 0) is 25.5 Å². The molecule has 0 amide bonds. The first-order valence-electron chi connectivity index (χ1n) is 7.68. The van der Waals surface area contributed by atoms with Crippen LogP contribution in [0.5, 0.6) is 0 Å². The van der Waals surface area contributed by atoms with Crippen molar-refractivity contribution in [2.45, 2.75) is 26.7 Å². The fourth-order valence-electron chi connectivity index (χ4n) is 2.51. The summed E-state index contributed by atoms with van der Waals surface area (Å²) in [5, 5.41) is 3.28. The van der Waals surface area contributed by atoms with Crippen molar-refractivity contribution in [1.82, 2.24) is 0 Å². The van der Waals surface area contributed by atoms with Gasteiger partial charge in [0.15, 0.2) is 0 Å². The van der Waals surface area contributed by atoms with E-state index in [0.717, 1.165) is 12.4 Å². The summed E-state index contributed by atoms with van der Waals surface area (Å²) < 4.78 is 2.17. The van der Waals surface area contributed by atoms with E-state index in [-0.39, 0.29) is 0 Å². The zero-order valence-corrected chi connectivity index (χ0v) is 13.6. The summed E-state index contributed by atoms with van der Waals surface area (Å²) in [4.78, 5) is 2.40. The van der Waals surface area contributed by atoms with Crippen LogP contribution in [-0.2, 0) is 7.05 Å². The molecule has 1 heterocycles. The fraction of sp³-hybridized carbons (Fsp3) is 0.389. The van der Waals surface area contributed by atoms with Crippen molar-refractivity contribution in [3.63, 3.8) is 0 Å². The molecule has 3 nitrogen and oxygen atoms in total. The third-order valence-electron chi connectivity index (χ3n) is 3.90. The van der Waals surface area contributed by atoms with Crippen LogP contribution in [0.2, 0.25) is 0 Å². The maximum Gasteiger partial charge on any atom is 0.276 e. The quantitative estimate of drug-likeness (QED) is 0.814. The van der Waals surface area contributed by atoms with Crippen molar-refractivity contribution in [2.75, 3.05) is 23.8 Å². The molecule has 0 spiro atoms. The van der Waals surface area contributed by atoms with E-state index in [9.17, 15) is 0 Å². The van der Waals surface area contributed by atoms with Crippen LogP contribution in [0.15, 0.2) is 42.5 Å². The second-order valence-electron chi connectivity index (χ2n) is 5.39. The maximum absolute atomic E-state index is 3.28. The number of benzene rings is 1. The fourth-order valence-corrected chi connectivity index (χ4v) is 2.51. The largest absolute Gasteiger partial charge is 0.341 e. The van der Waals surface area contributed by atoms with Gasteiger partial charge in [0, 0.05) is 18.3 Å². The van der Waals surface area contributed by atoms with Crippen molar-refractivity contribution >= 4 is 17.2 Å². The Morgan fingerprint density at radius 2 is 1.81 bits per heavy atom. The van der Waals surface area contributed by atoms with E-state index in [4.69, 9.17) is 0 Å². The van der Waals surface area contributed by atoms with Gasteiger partial charge in [-0.15, -0.1) is 0 Å². The number of nitrogens with one attached hydrogen (secondary N) is 1. The van der Waals surface area contributed by atoms with Crippen LogP contribution >= 0.6 is 0 Å². The Morgan fingerprint density at radius 1 is 1.10 bits per heavy atom. The number of para-hydroxylation sites is 1. The molecule has 2 aromatic rings. The number of aromatic nitrogens is 1. The number of anilines is 3. The van der Waals surface area contributed by atoms with Gasteiger partial charge in [0.2, 0.25) is 0 Å². The highest BCUT2D eigenvalue weighted by Crippen LogP contribution is 2.27. The second-order valence-corrected chi connectivity index (χ2v) is 5.39. The number of hydrogen-bond acceptors (Lipinski definition) is 2. The van der Waals surface area contributed by atoms with Crippen molar-refractivity contribution in [3.05, 3.63) is 48.2 Å². The minimum absolute atomic E-state index is 1.04. The number of rotatable bonds is 6. The molecule has 1 aromatic heterocycles. The minimum atomic E-state index is 1.04. The minimum Gasteiger partial charge on any atom is -0.341 e. The topological polar surface area (TPSA) is 19.1 Å². The summed E-state index contributed by atoms with van der Waals surface area (Å²) in [6, 6.07) is 15.1. The third-order valence-corrected chi connectivity index (χ3v) is 3.90. The molecule has 0 aliphatic rings. The van der Waals surface area contributed by atoms with Crippen molar-refractivity contribution in [3.8, 4) is 0 Å². The molecule has 0 saturated heterocycles. The Morgan fingerprint density at radius 3 is 2.43 bits per heavy atom. The Bertz CT molecular complexity index is 579. The first-order chi connectivity index (χ1) is 10.2. The summed E-state index contributed by atoms with van der Waals surface area (Å²) in [7, 11) is 4.06. The van der Waals surface area contributed by atoms with E-state index < -0.39 is 0 Å². The summed E-state index contributed by atoms with van der Waals surface area (Å²) in [5.41, 5.74) is 3.74. The maximum atomic E-state index is 3.28. The first kappa shape index (κ1) is 15.4. The van der Waals surface area contributed by atoms with Crippen LogP contribution in [0, 0.1) is 6.92 Å². The number of pyridine rings is 1. The predicted octanol–water partition coefficient (Wildman–Crippen LogP) is 3.80. The van der Waals surface area contributed by atoms with Gasteiger partial charge in [-0.3, -0.25) is 5.32 Å². The Kier molecular flexibility index (Phi) is 5.20. The van der Waals surface area contributed by atoms with Crippen molar-refractivity contribution in [1.29, 1.82) is 0 Å². The highest BCUT2D eigenvalue weighted by Gasteiger charge is 2.14. The molecule has 2 rings (SSSR count). The van der Waals surface area contributed by atoms with Gasteiger partial charge in [-0.1, -0.05) is 31.5 Å². The molecular weight excluding hydrogens is 258 g/mol. The molecule has 0 aliphatic carbocycles. The van der Waals surface area contributed by atoms with Gasteiger partial charge >= 0.3 is 0 Å². The zero-order valence-electron chi connectivity index (χ0n) is 13.6. The summed E-state index contributed by atoms with van der Waals surface area (Å²) in [6.45, 7) is 5.42. The smallest absolute Gasteiger partial charge is 0.276 e. The molecule has 0 saturated carbocycles. The number of hydrogen-bond donors (Lipinski definition) is 1. The van der Waals surface area contributed by atoms with Gasteiger partial charge in [0.25, 0.3) is 5.82 Å². The van der Waals surface area contributed by atoms with E-state index in [1.54, 1.807) is 0 Å². The van der Waals surface area contributed by atoms with Crippen LogP contribution < -0.4 is 14.8 Å². The Hall–Kier alpha value is -2.03. The Balaban J connectivity index is 2.44. The van der Waals surface area contributed by atoms with E-state index in [0.29, 0.717) is 0 Å². The van der Waals surface area contributed by atoms with Crippen LogP contribution in [0.4, 0.5) is 17.2 Å². The summed E-state index contributed by atoms with van der Waals surface area (Å²) in [5.74, 6) is 1.13. The van der Waals surface area contributed by atoms with Crippen LogP contribution in [0.3, 0.4) is 0 Å². The van der Waals surface area contributed by atoms with E-state index in [1.165, 1.54) is 29.9 Å². The standard InChI is InChI=1S/C18H25N3/c1-5-6-12-21(16-10-8-7-9-11-16)17-13-15(2)20(4)18(14-17)19-3/h7-11,13-14H,5-6,12H2,1-4H3/p+1. The lowest BCUT2D eigenvalue weighted by Crippen LogP contribution is -2.36. The third kappa shape index (κ3) is 3.54. The molecule has 0 atom stereocenters. The average molecular weight is 284 g/mol. The van der Waals surface area contributed by atoms with Gasteiger partial charge in [-0.2, -0.15) is 0 Å². The molecule has 1 N–H and O–H groups in total. The molecule has 112 valence electrons. The lowest BCUT2D eigenvalue weighted by molar-refractivity contribution is -0.663. The van der Waals surface area contributed by atoms with Gasteiger partial charge in [0.1, 0.15) is 5.69 Å². The zero-order chi connectivity index (χ0) is 15.2. The highest BCUT2D eigenvalue weighted by atomic mass is 15.2. The molecule has 1 aromatic carbocycles. The van der Waals surface area contributed by atoms with Gasteiger partial charge < -0.3 is 4.90 Å². The van der Waals surface area contributed by atoms with Crippen molar-refractivity contribution in [2.24, 2.45) is 7.05 Å². The highest BCUT2D eigenvalue weighted by molar-refractivity contribution is 5.65. The molecule has 21 heavy (non-hydrogen) atoms. The predicted molar refractivity (Wildman–Crippen MR) is 90.3 cm³/mol. The average Bonchev–Trinajstić information content (AvgIpc) is 2.52. The van der Waals surface area contributed by atoms with Gasteiger partial charge in [0.05, 0.1) is 25.8 Å². The lowest BCUT2D eigenvalue weighted by Gasteiger charge is -2.25. The first-order valence-corrected chi connectivity index (χ1v) is 7.68. The monoisotopic (exact) mass is 284 g/mol. The summed E-state index contributed by atoms with van der Waals surface area (Å²) in [6.07, 6.45) is 2.38. The van der Waals surface area contributed by atoms with E-state index in [2.05, 4.69) is 78.1 Å². The molecule has 0 radical (unpaired) electrons. The van der Waals surface area contributed by atoms with E-state index in [1.807, 2.05) is 7.05 Å². The van der Waals surface area contributed by atoms with Crippen LogP contribution in [0.25, 0.3) is 0 Å². The molecule has 0 bridgehead atoms. The number of nitrogens with zero attached hydrogens (tertiary/aromatic N) is 2. The lowest BCUT2D eigenvalue weighted by atomic mass is 10.2. The molecule has 3 heteroatoms. The molecule has 0 fully saturated rings. The molecular formula is C18H26N3+. The van der Waals surface area contributed by atoms with Crippen LogP contribution in [-0.4, -0.2) is 13.6 Å². The van der Waals surface area contributed by atoms with Gasteiger partial charge in [-0.25, -0.2) is 4.57 Å². The number of unbranched alkanes of at least 4 members (excludes halogenated alkanes) is 1. The van der Waals surface area contributed by atoms with Crippen LogP contribution in [0.1, 0.15) is 25.5 Å². The SMILES string of the molecule is CCCCN(c1ccccc1)c1cc(C)[n+](C)c(NC)c1.